The molecule has 0 bridgehead atoms. The van der Waals surface area contributed by atoms with Crippen molar-refractivity contribution in [2.45, 2.75) is 56.6 Å². The first-order chi connectivity index (χ1) is 11.3. The highest BCUT2D eigenvalue weighted by molar-refractivity contribution is 5.72. The lowest BCUT2D eigenvalue weighted by atomic mass is 9.99. The van der Waals surface area contributed by atoms with Crippen LogP contribution in [0.25, 0.3) is 0 Å². The molecule has 0 saturated carbocycles. The maximum absolute atomic E-state index is 10.5. The van der Waals surface area contributed by atoms with Crippen LogP contribution in [0.5, 0.6) is 0 Å². The zero-order valence-corrected chi connectivity index (χ0v) is 13.6. The van der Waals surface area contributed by atoms with Gasteiger partial charge < -0.3 is 35.0 Å². The minimum atomic E-state index is -1.48. The Kier molecular flexibility index (Phi) is 8.71. The molecule has 1 unspecified atom stereocenters. The number of carbonyl (C=O) groups excluding carboxylic acids is 1. The van der Waals surface area contributed by atoms with Crippen LogP contribution >= 0.6 is 0 Å². The topological polar surface area (TPSA) is 137 Å². The normalized spacial score (nSPS) is 32.4. The number of carbonyl (C=O) groups is 1. The SMILES string of the molecule is C=C(CCO[C@@H]1O[C@H](CO)[C@@H](O)[C@H](O)[C@H]1O)CC(O)/C=C(\C)C=O. The van der Waals surface area contributed by atoms with E-state index in [0.29, 0.717) is 23.9 Å². The second-order valence-corrected chi connectivity index (χ2v) is 5.87. The van der Waals surface area contributed by atoms with Crippen LogP contribution in [0.15, 0.2) is 23.8 Å². The number of aliphatic hydroxyl groups excluding tert-OH is 5. The Hall–Kier alpha value is -1.13. The summed E-state index contributed by atoms with van der Waals surface area (Å²) in [7, 11) is 0. The molecule has 8 heteroatoms. The van der Waals surface area contributed by atoms with Crippen LogP contribution in [0.1, 0.15) is 19.8 Å². The van der Waals surface area contributed by atoms with Crippen molar-refractivity contribution in [1.82, 2.24) is 0 Å². The van der Waals surface area contributed by atoms with Crippen LogP contribution in [0.2, 0.25) is 0 Å². The molecule has 24 heavy (non-hydrogen) atoms. The maximum atomic E-state index is 10.5. The van der Waals surface area contributed by atoms with Crippen molar-refractivity contribution in [3.8, 4) is 0 Å². The smallest absolute Gasteiger partial charge is 0.186 e. The van der Waals surface area contributed by atoms with Crippen LogP contribution in [0.3, 0.4) is 0 Å². The zero-order valence-electron chi connectivity index (χ0n) is 13.6. The molecule has 0 amide bonds. The third-order valence-electron chi connectivity index (χ3n) is 3.73. The van der Waals surface area contributed by atoms with E-state index in [2.05, 4.69) is 6.58 Å². The van der Waals surface area contributed by atoms with Gasteiger partial charge in [0.1, 0.15) is 30.7 Å². The summed E-state index contributed by atoms with van der Waals surface area (Å²) >= 11 is 0. The fourth-order valence-corrected chi connectivity index (χ4v) is 2.32. The Morgan fingerprint density at radius 1 is 1.29 bits per heavy atom. The standard InChI is InChI=1S/C16H26O8/c1-9(5-11(19)6-10(2)7-17)3-4-23-16-15(22)14(21)13(20)12(8-18)24-16/h6-7,11-16,18-22H,1,3-5,8H2,2H3/b10-6+/t11?,12-,13-,14+,15-,16-/m1/s1. The van der Waals surface area contributed by atoms with Crippen LogP contribution in [0, 0.1) is 0 Å². The highest BCUT2D eigenvalue weighted by Gasteiger charge is 2.43. The van der Waals surface area contributed by atoms with Gasteiger partial charge in [-0.05, 0) is 31.4 Å². The van der Waals surface area contributed by atoms with Gasteiger partial charge in [0.05, 0.1) is 19.3 Å². The molecular weight excluding hydrogens is 320 g/mol. The average molecular weight is 346 g/mol. The summed E-state index contributed by atoms with van der Waals surface area (Å²) in [6.45, 7) is 4.96. The van der Waals surface area contributed by atoms with E-state index >= 15 is 0 Å². The van der Waals surface area contributed by atoms with Crippen molar-refractivity contribution in [2.24, 2.45) is 0 Å². The molecule has 0 radical (unpaired) electrons. The van der Waals surface area contributed by atoms with Crippen molar-refractivity contribution in [3.63, 3.8) is 0 Å². The molecule has 1 aliphatic heterocycles. The number of hydrogen-bond acceptors (Lipinski definition) is 8. The van der Waals surface area contributed by atoms with E-state index in [9.17, 15) is 25.2 Å². The molecule has 1 saturated heterocycles. The van der Waals surface area contributed by atoms with Crippen molar-refractivity contribution in [1.29, 1.82) is 0 Å². The van der Waals surface area contributed by atoms with Gasteiger partial charge in [0, 0.05) is 0 Å². The monoisotopic (exact) mass is 346 g/mol. The van der Waals surface area contributed by atoms with E-state index in [0.717, 1.165) is 0 Å². The van der Waals surface area contributed by atoms with Crippen molar-refractivity contribution in [2.75, 3.05) is 13.2 Å². The predicted molar refractivity (Wildman–Crippen MR) is 83.9 cm³/mol. The summed E-state index contributed by atoms with van der Waals surface area (Å²) in [5, 5.41) is 48.0. The Morgan fingerprint density at radius 2 is 1.96 bits per heavy atom. The first-order valence-electron chi connectivity index (χ1n) is 7.70. The van der Waals surface area contributed by atoms with E-state index in [-0.39, 0.29) is 13.0 Å². The number of aliphatic hydroxyl groups is 5. The van der Waals surface area contributed by atoms with Crippen molar-refractivity contribution < 1.29 is 39.8 Å². The Morgan fingerprint density at radius 3 is 2.54 bits per heavy atom. The molecular formula is C16H26O8. The third-order valence-corrected chi connectivity index (χ3v) is 3.73. The molecule has 138 valence electrons. The highest BCUT2D eigenvalue weighted by atomic mass is 16.7. The van der Waals surface area contributed by atoms with Gasteiger partial charge >= 0.3 is 0 Å². The highest BCUT2D eigenvalue weighted by Crippen LogP contribution is 2.22. The first kappa shape index (κ1) is 20.9. The Labute approximate surface area is 140 Å². The zero-order chi connectivity index (χ0) is 18.3. The van der Waals surface area contributed by atoms with Crippen LogP contribution in [0.4, 0.5) is 0 Å². The lowest BCUT2D eigenvalue weighted by Crippen LogP contribution is -2.59. The predicted octanol–water partition coefficient (Wildman–Crippen LogP) is -1.35. The summed E-state index contributed by atoms with van der Waals surface area (Å²) in [4.78, 5) is 10.5. The van der Waals surface area contributed by atoms with Gasteiger partial charge in [0.25, 0.3) is 0 Å². The number of allylic oxidation sites excluding steroid dienone is 1. The van der Waals surface area contributed by atoms with Gasteiger partial charge in [-0.3, -0.25) is 4.79 Å². The number of rotatable bonds is 9. The van der Waals surface area contributed by atoms with Gasteiger partial charge in [0.15, 0.2) is 6.29 Å². The van der Waals surface area contributed by atoms with E-state index in [1.54, 1.807) is 6.92 Å². The molecule has 0 aromatic carbocycles. The van der Waals surface area contributed by atoms with E-state index in [1.165, 1.54) is 6.08 Å². The first-order valence-corrected chi connectivity index (χ1v) is 7.70. The van der Waals surface area contributed by atoms with Gasteiger partial charge in [-0.2, -0.15) is 0 Å². The van der Waals surface area contributed by atoms with E-state index in [1.807, 2.05) is 0 Å². The third kappa shape index (κ3) is 6.06. The summed E-state index contributed by atoms with van der Waals surface area (Å²) in [6.07, 6.45) is -4.70. The molecule has 0 aromatic rings. The fraction of sp³-hybridized carbons (Fsp3) is 0.688. The lowest BCUT2D eigenvalue weighted by Gasteiger charge is -2.39. The molecule has 1 heterocycles. The Bertz CT molecular complexity index is 447. The molecule has 6 atom stereocenters. The fourth-order valence-electron chi connectivity index (χ4n) is 2.32. The second kappa shape index (κ2) is 10.00. The quantitative estimate of drug-likeness (QED) is 0.196. The summed E-state index contributed by atoms with van der Waals surface area (Å²) in [6, 6.07) is 0. The van der Waals surface area contributed by atoms with Crippen molar-refractivity contribution >= 4 is 6.29 Å². The van der Waals surface area contributed by atoms with Gasteiger partial charge in [0.2, 0.25) is 0 Å². The van der Waals surface area contributed by atoms with Crippen LogP contribution in [-0.2, 0) is 14.3 Å². The maximum Gasteiger partial charge on any atom is 0.186 e. The molecule has 8 nitrogen and oxygen atoms in total. The molecule has 0 aliphatic carbocycles. The van der Waals surface area contributed by atoms with Crippen LogP contribution in [-0.4, -0.2) is 81.8 Å². The summed E-state index contributed by atoms with van der Waals surface area (Å²) in [5.74, 6) is 0. The van der Waals surface area contributed by atoms with Crippen LogP contribution < -0.4 is 0 Å². The molecule has 1 rings (SSSR count). The minimum Gasteiger partial charge on any atom is -0.394 e. The molecule has 1 aliphatic rings. The van der Waals surface area contributed by atoms with Gasteiger partial charge in [-0.25, -0.2) is 0 Å². The second-order valence-electron chi connectivity index (χ2n) is 5.87. The molecule has 0 aromatic heterocycles. The number of aldehydes is 1. The van der Waals surface area contributed by atoms with E-state index < -0.39 is 43.4 Å². The largest absolute Gasteiger partial charge is 0.394 e. The lowest BCUT2D eigenvalue weighted by molar-refractivity contribution is -0.300. The molecule has 1 fully saturated rings. The van der Waals surface area contributed by atoms with E-state index in [4.69, 9.17) is 14.6 Å². The molecule has 0 spiro atoms. The summed E-state index contributed by atoms with van der Waals surface area (Å²) < 4.78 is 10.5. The Balaban J connectivity index is 2.40. The average Bonchev–Trinajstić information content (AvgIpc) is 2.54. The number of ether oxygens (including phenoxy) is 2. The summed E-state index contributed by atoms with van der Waals surface area (Å²) in [5.41, 5.74) is 1.09. The van der Waals surface area contributed by atoms with Gasteiger partial charge in [-0.15, -0.1) is 0 Å². The molecule has 5 N–H and O–H groups in total. The number of hydrogen-bond donors (Lipinski definition) is 5. The minimum absolute atomic E-state index is 0.102. The van der Waals surface area contributed by atoms with Gasteiger partial charge in [-0.1, -0.05) is 12.2 Å². The van der Waals surface area contributed by atoms with Crippen molar-refractivity contribution in [3.05, 3.63) is 23.8 Å².